The van der Waals surface area contributed by atoms with E-state index in [4.69, 9.17) is 8.92 Å². The van der Waals surface area contributed by atoms with Crippen molar-refractivity contribution in [3.63, 3.8) is 0 Å². The lowest BCUT2D eigenvalue weighted by Crippen LogP contribution is -2.17. The molecule has 7 heteroatoms. The number of aromatic nitrogens is 1. The third-order valence-electron chi connectivity index (χ3n) is 4.68. The van der Waals surface area contributed by atoms with E-state index < -0.39 is 15.9 Å². The van der Waals surface area contributed by atoms with Gasteiger partial charge in [-0.05, 0) is 55.9 Å². The van der Waals surface area contributed by atoms with Crippen LogP contribution >= 0.6 is 0 Å². The van der Waals surface area contributed by atoms with Gasteiger partial charge in [0.2, 0.25) is 0 Å². The smallest absolute Gasteiger partial charge is 0.296 e. The fourth-order valence-electron chi connectivity index (χ4n) is 3.06. The average molecular weight is 391 g/mol. The first-order valence-electron chi connectivity index (χ1n) is 8.74. The minimum Gasteiger partial charge on any atom is -0.479 e. The zero-order chi connectivity index (χ0) is 19.4. The van der Waals surface area contributed by atoms with Gasteiger partial charge in [0, 0.05) is 11.8 Å². The fourth-order valence-corrected chi connectivity index (χ4v) is 4.04. The van der Waals surface area contributed by atoms with Gasteiger partial charge >= 0.3 is 0 Å². The Morgan fingerprint density at radius 3 is 2.59 bits per heavy atom. The molecule has 5 nitrogen and oxygen atoms in total. The van der Waals surface area contributed by atoms with Crippen LogP contribution in [0, 0.1) is 18.7 Å². The van der Waals surface area contributed by atoms with Gasteiger partial charge < -0.3 is 4.74 Å². The lowest BCUT2D eigenvalue weighted by Gasteiger charge is -2.22. The van der Waals surface area contributed by atoms with Gasteiger partial charge in [0.15, 0.2) is 5.82 Å². The summed E-state index contributed by atoms with van der Waals surface area (Å²) in [5.74, 6) is -0.424. The Balaban J connectivity index is 1.63. The van der Waals surface area contributed by atoms with Crippen LogP contribution in [0.5, 0.6) is 5.88 Å². The predicted molar refractivity (Wildman–Crippen MR) is 100 cm³/mol. The molecule has 0 spiro atoms. The monoisotopic (exact) mass is 391 g/mol. The molecule has 27 heavy (non-hydrogen) atoms. The summed E-state index contributed by atoms with van der Waals surface area (Å²) >= 11 is 0. The second-order valence-corrected chi connectivity index (χ2v) is 8.22. The number of allylic oxidation sites excluding steroid dienone is 2. The minimum absolute atomic E-state index is 0.0250. The van der Waals surface area contributed by atoms with Crippen molar-refractivity contribution in [1.82, 2.24) is 4.98 Å². The van der Waals surface area contributed by atoms with Gasteiger partial charge in [-0.1, -0.05) is 23.8 Å². The lowest BCUT2D eigenvalue weighted by atomic mass is 9.87. The highest BCUT2D eigenvalue weighted by molar-refractivity contribution is 7.86. The van der Waals surface area contributed by atoms with Crippen molar-refractivity contribution in [1.29, 1.82) is 0 Å². The van der Waals surface area contributed by atoms with Gasteiger partial charge in [-0.15, -0.1) is 0 Å². The largest absolute Gasteiger partial charge is 0.479 e. The highest BCUT2D eigenvalue weighted by atomic mass is 32.2. The van der Waals surface area contributed by atoms with Crippen LogP contribution in [0.25, 0.3) is 5.57 Å². The van der Waals surface area contributed by atoms with E-state index in [1.54, 1.807) is 30.3 Å². The number of benzene rings is 1. The third kappa shape index (κ3) is 4.54. The second kappa shape index (κ2) is 8.19. The SMILES string of the molecule is COc1nccc(C2=CCC(COS(=O)(=O)c3ccc(C)cc3)CC2)c1F. The molecule has 1 atom stereocenters. The van der Waals surface area contributed by atoms with Crippen molar-refractivity contribution < 1.29 is 21.7 Å². The Hall–Kier alpha value is -2.25. The van der Waals surface area contributed by atoms with Crippen LogP contribution in [0.2, 0.25) is 0 Å². The average Bonchev–Trinajstić information content (AvgIpc) is 2.67. The van der Waals surface area contributed by atoms with E-state index in [1.807, 2.05) is 13.0 Å². The van der Waals surface area contributed by atoms with Gasteiger partial charge in [-0.25, -0.2) is 9.37 Å². The van der Waals surface area contributed by atoms with E-state index in [1.165, 1.54) is 13.3 Å². The van der Waals surface area contributed by atoms with Crippen LogP contribution in [-0.2, 0) is 14.3 Å². The van der Waals surface area contributed by atoms with E-state index >= 15 is 0 Å². The molecule has 2 aromatic rings. The molecule has 1 heterocycles. The molecule has 0 bridgehead atoms. The van der Waals surface area contributed by atoms with Crippen molar-refractivity contribution in [2.45, 2.75) is 31.1 Å². The molecule has 1 unspecified atom stereocenters. The van der Waals surface area contributed by atoms with Crippen LogP contribution in [0.3, 0.4) is 0 Å². The number of rotatable bonds is 6. The van der Waals surface area contributed by atoms with E-state index in [2.05, 4.69) is 4.98 Å². The van der Waals surface area contributed by atoms with Crippen LogP contribution < -0.4 is 4.74 Å². The van der Waals surface area contributed by atoms with Crippen molar-refractivity contribution >= 4 is 15.7 Å². The second-order valence-electron chi connectivity index (χ2n) is 6.60. The van der Waals surface area contributed by atoms with Gasteiger partial charge in [0.1, 0.15) is 0 Å². The zero-order valence-corrected chi connectivity index (χ0v) is 16.1. The van der Waals surface area contributed by atoms with Crippen LogP contribution in [0.4, 0.5) is 4.39 Å². The van der Waals surface area contributed by atoms with E-state index in [0.29, 0.717) is 18.4 Å². The maximum absolute atomic E-state index is 14.3. The quantitative estimate of drug-likeness (QED) is 0.693. The Morgan fingerprint density at radius 2 is 1.96 bits per heavy atom. The molecule has 0 aliphatic heterocycles. The minimum atomic E-state index is -3.76. The first-order valence-corrected chi connectivity index (χ1v) is 10.2. The van der Waals surface area contributed by atoms with Crippen molar-refractivity contribution in [2.24, 2.45) is 5.92 Å². The summed E-state index contributed by atoms with van der Waals surface area (Å²) in [6.07, 6.45) is 5.44. The summed E-state index contributed by atoms with van der Waals surface area (Å²) in [5, 5.41) is 0. The van der Waals surface area contributed by atoms with Crippen molar-refractivity contribution in [2.75, 3.05) is 13.7 Å². The first kappa shape index (κ1) is 19.5. The summed E-state index contributed by atoms with van der Waals surface area (Å²) < 4.78 is 49.1. The molecule has 0 saturated carbocycles. The number of aryl methyl sites for hydroxylation is 1. The number of methoxy groups -OCH3 is 1. The molecule has 0 amide bonds. The zero-order valence-electron chi connectivity index (χ0n) is 15.3. The highest BCUT2D eigenvalue weighted by Gasteiger charge is 2.22. The Labute approximate surface area is 159 Å². The maximum atomic E-state index is 14.3. The normalized spacial score (nSPS) is 17.4. The van der Waals surface area contributed by atoms with E-state index in [9.17, 15) is 12.8 Å². The summed E-state index contributed by atoms with van der Waals surface area (Å²) in [6.45, 7) is 2.01. The highest BCUT2D eigenvalue weighted by Crippen LogP contribution is 2.33. The van der Waals surface area contributed by atoms with Gasteiger partial charge in [-0.2, -0.15) is 8.42 Å². The van der Waals surface area contributed by atoms with Crippen molar-refractivity contribution in [3.8, 4) is 5.88 Å². The van der Waals surface area contributed by atoms with E-state index in [0.717, 1.165) is 17.6 Å². The number of halogens is 1. The van der Waals surface area contributed by atoms with E-state index in [-0.39, 0.29) is 23.3 Å². The number of hydrogen-bond acceptors (Lipinski definition) is 5. The number of nitrogens with zero attached hydrogens (tertiary/aromatic N) is 1. The Morgan fingerprint density at radius 1 is 1.22 bits per heavy atom. The van der Waals surface area contributed by atoms with Crippen LogP contribution in [0.15, 0.2) is 47.5 Å². The summed E-state index contributed by atoms with van der Waals surface area (Å²) in [7, 11) is -2.38. The Kier molecular flexibility index (Phi) is 5.92. The molecular formula is C20H22FNO4S. The summed E-state index contributed by atoms with van der Waals surface area (Å²) in [5.41, 5.74) is 2.35. The molecule has 3 rings (SSSR count). The molecule has 1 aliphatic rings. The Bertz CT molecular complexity index is 939. The summed E-state index contributed by atoms with van der Waals surface area (Å²) in [6, 6.07) is 8.20. The molecule has 0 fully saturated rings. The number of ether oxygens (including phenoxy) is 1. The molecule has 1 aromatic carbocycles. The molecule has 0 radical (unpaired) electrons. The van der Waals surface area contributed by atoms with Crippen LogP contribution in [0.1, 0.15) is 30.4 Å². The topological polar surface area (TPSA) is 65.5 Å². The standard InChI is InChI=1S/C20H22FNO4S/c1-14-3-9-17(10-4-14)27(23,24)26-13-15-5-7-16(8-6-15)18-11-12-22-20(25-2)19(18)21/h3-4,7,9-12,15H,5-6,8,13H2,1-2H3. The molecule has 144 valence electrons. The lowest BCUT2D eigenvalue weighted by molar-refractivity contribution is 0.245. The van der Waals surface area contributed by atoms with Crippen molar-refractivity contribution in [3.05, 3.63) is 59.5 Å². The number of hydrogen-bond donors (Lipinski definition) is 0. The molecular weight excluding hydrogens is 369 g/mol. The summed E-state index contributed by atoms with van der Waals surface area (Å²) in [4.78, 5) is 4.01. The predicted octanol–water partition coefficient (Wildman–Crippen LogP) is 4.13. The molecule has 0 saturated heterocycles. The van der Waals surface area contributed by atoms with Gasteiger partial charge in [-0.3, -0.25) is 4.18 Å². The molecule has 1 aliphatic carbocycles. The van der Waals surface area contributed by atoms with Gasteiger partial charge in [0.05, 0.1) is 18.6 Å². The molecule has 0 N–H and O–H groups in total. The maximum Gasteiger partial charge on any atom is 0.296 e. The molecule has 1 aromatic heterocycles. The first-order chi connectivity index (χ1) is 12.9. The third-order valence-corrected chi connectivity index (χ3v) is 5.98. The van der Waals surface area contributed by atoms with Gasteiger partial charge in [0.25, 0.3) is 16.0 Å². The number of pyridine rings is 1. The fraction of sp³-hybridized carbons (Fsp3) is 0.350. The van der Waals surface area contributed by atoms with Crippen LogP contribution in [-0.4, -0.2) is 27.1 Å².